The summed E-state index contributed by atoms with van der Waals surface area (Å²) in [5.74, 6) is 0.772. The van der Waals surface area contributed by atoms with Gasteiger partial charge in [0.05, 0.1) is 16.9 Å². The van der Waals surface area contributed by atoms with Crippen LogP contribution in [0.2, 0.25) is 0 Å². The molecular formula is C19H24N4O3. The van der Waals surface area contributed by atoms with Crippen molar-refractivity contribution in [3.63, 3.8) is 0 Å². The molecule has 2 aliphatic heterocycles. The van der Waals surface area contributed by atoms with E-state index < -0.39 is 0 Å². The van der Waals surface area contributed by atoms with E-state index in [9.17, 15) is 4.79 Å². The van der Waals surface area contributed by atoms with Crippen LogP contribution in [0.4, 0.5) is 0 Å². The van der Waals surface area contributed by atoms with Gasteiger partial charge in [-0.3, -0.25) is 14.7 Å². The summed E-state index contributed by atoms with van der Waals surface area (Å²) >= 11 is 0. The standard InChI is InChI=1S/C19H24N4O3/c1-14-9-17(22-26-14)12-23-7-5-19(13-23)10-16(4-8-25-19)21-18(24)15-3-2-6-20-11-15/h2-3,6,9,11,16H,4-5,7-8,10,12-13H2,1H3,(H,21,24)/t16-,19-/m1/s1. The smallest absolute Gasteiger partial charge is 0.253 e. The zero-order valence-corrected chi connectivity index (χ0v) is 15.0. The van der Waals surface area contributed by atoms with E-state index in [0.29, 0.717) is 12.2 Å². The maximum absolute atomic E-state index is 12.4. The van der Waals surface area contributed by atoms with Crippen LogP contribution in [0.15, 0.2) is 35.1 Å². The molecule has 0 saturated carbocycles. The fourth-order valence-corrected chi connectivity index (χ4v) is 3.99. The van der Waals surface area contributed by atoms with Crippen molar-refractivity contribution in [2.24, 2.45) is 0 Å². The van der Waals surface area contributed by atoms with Gasteiger partial charge in [-0.25, -0.2) is 0 Å². The van der Waals surface area contributed by atoms with E-state index in [1.54, 1.807) is 24.5 Å². The molecule has 0 aliphatic carbocycles. The summed E-state index contributed by atoms with van der Waals surface area (Å²) < 4.78 is 11.3. The molecule has 4 rings (SSSR count). The summed E-state index contributed by atoms with van der Waals surface area (Å²) in [5, 5.41) is 7.23. The third kappa shape index (κ3) is 3.78. The van der Waals surface area contributed by atoms with E-state index in [1.807, 2.05) is 13.0 Å². The lowest BCUT2D eigenvalue weighted by molar-refractivity contribution is -0.0793. The summed E-state index contributed by atoms with van der Waals surface area (Å²) in [6.07, 6.45) is 5.93. The van der Waals surface area contributed by atoms with Crippen molar-refractivity contribution in [3.8, 4) is 0 Å². The van der Waals surface area contributed by atoms with E-state index in [2.05, 4.69) is 20.4 Å². The van der Waals surface area contributed by atoms with Gasteiger partial charge in [0.1, 0.15) is 5.76 Å². The maximum atomic E-state index is 12.4. The lowest BCUT2D eigenvalue weighted by Crippen LogP contribution is -2.49. The SMILES string of the molecule is Cc1cc(CN2CC[C@@]3(C[C@H](NC(=O)c4cccnc4)CCO3)C2)no1. The number of aryl methyl sites for hydroxylation is 1. The molecule has 2 aromatic rings. The van der Waals surface area contributed by atoms with Gasteiger partial charge in [-0.2, -0.15) is 0 Å². The van der Waals surface area contributed by atoms with Gasteiger partial charge in [0.25, 0.3) is 5.91 Å². The van der Waals surface area contributed by atoms with Gasteiger partial charge in [0, 0.05) is 50.7 Å². The first-order valence-corrected chi connectivity index (χ1v) is 9.11. The van der Waals surface area contributed by atoms with Crippen LogP contribution in [0.25, 0.3) is 0 Å². The number of likely N-dealkylation sites (tertiary alicyclic amines) is 1. The minimum atomic E-state index is -0.177. The molecule has 26 heavy (non-hydrogen) atoms. The zero-order chi connectivity index (χ0) is 18.0. The molecule has 7 heteroatoms. The van der Waals surface area contributed by atoms with Gasteiger partial charge >= 0.3 is 0 Å². The summed E-state index contributed by atoms with van der Waals surface area (Å²) in [6.45, 7) is 5.18. The highest BCUT2D eigenvalue weighted by molar-refractivity contribution is 5.94. The molecule has 0 bridgehead atoms. The van der Waals surface area contributed by atoms with E-state index >= 15 is 0 Å². The average Bonchev–Trinajstić information content (AvgIpc) is 3.22. The molecule has 0 unspecified atom stereocenters. The van der Waals surface area contributed by atoms with E-state index in [0.717, 1.165) is 50.4 Å². The second-order valence-corrected chi connectivity index (χ2v) is 7.33. The molecule has 1 amide bonds. The molecule has 1 N–H and O–H groups in total. The normalized spacial score (nSPS) is 26.3. The molecule has 0 aromatic carbocycles. The number of nitrogens with zero attached hydrogens (tertiary/aromatic N) is 3. The maximum Gasteiger partial charge on any atom is 0.253 e. The highest BCUT2D eigenvalue weighted by Crippen LogP contribution is 2.35. The Morgan fingerprint density at radius 1 is 1.50 bits per heavy atom. The van der Waals surface area contributed by atoms with Crippen LogP contribution in [0.3, 0.4) is 0 Å². The average molecular weight is 356 g/mol. The fraction of sp³-hybridized carbons (Fsp3) is 0.526. The first kappa shape index (κ1) is 17.2. The predicted octanol–water partition coefficient (Wildman–Crippen LogP) is 1.93. The van der Waals surface area contributed by atoms with Crippen LogP contribution < -0.4 is 5.32 Å². The molecule has 2 fully saturated rings. The van der Waals surface area contributed by atoms with Crippen LogP contribution in [0.5, 0.6) is 0 Å². The second kappa shape index (κ2) is 7.17. The van der Waals surface area contributed by atoms with Gasteiger partial charge in [-0.05, 0) is 38.3 Å². The van der Waals surface area contributed by atoms with Crippen molar-refractivity contribution < 1.29 is 14.1 Å². The highest BCUT2D eigenvalue weighted by atomic mass is 16.5. The largest absolute Gasteiger partial charge is 0.373 e. The van der Waals surface area contributed by atoms with Gasteiger partial charge in [-0.15, -0.1) is 0 Å². The number of ether oxygens (including phenoxy) is 1. The Balaban J connectivity index is 1.35. The molecule has 0 radical (unpaired) electrons. The van der Waals surface area contributed by atoms with Crippen molar-refractivity contribution in [1.82, 2.24) is 20.4 Å². The zero-order valence-electron chi connectivity index (χ0n) is 15.0. The van der Waals surface area contributed by atoms with Crippen LogP contribution in [0.1, 0.15) is 41.1 Å². The lowest BCUT2D eigenvalue weighted by atomic mass is 9.89. The number of aromatic nitrogens is 2. The number of carbonyl (C=O) groups is 1. The molecule has 4 heterocycles. The third-order valence-corrected chi connectivity index (χ3v) is 5.21. The summed E-state index contributed by atoms with van der Waals surface area (Å²) in [6, 6.07) is 5.67. The monoisotopic (exact) mass is 356 g/mol. The minimum Gasteiger partial charge on any atom is -0.373 e. The molecule has 2 saturated heterocycles. The Hall–Kier alpha value is -2.25. The van der Waals surface area contributed by atoms with Gasteiger partial charge in [-0.1, -0.05) is 5.16 Å². The Kier molecular flexibility index (Phi) is 4.74. The van der Waals surface area contributed by atoms with Gasteiger partial charge in [0.2, 0.25) is 0 Å². The minimum absolute atomic E-state index is 0.0620. The van der Waals surface area contributed by atoms with Gasteiger partial charge in [0.15, 0.2) is 0 Å². The van der Waals surface area contributed by atoms with E-state index in [4.69, 9.17) is 9.26 Å². The molecular weight excluding hydrogens is 332 g/mol. The van der Waals surface area contributed by atoms with E-state index in [-0.39, 0.29) is 17.6 Å². The number of rotatable bonds is 4. The number of pyridine rings is 1. The van der Waals surface area contributed by atoms with Crippen molar-refractivity contribution in [1.29, 1.82) is 0 Å². The van der Waals surface area contributed by atoms with Crippen molar-refractivity contribution in [3.05, 3.63) is 47.6 Å². The van der Waals surface area contributed by atoms with Crippen LogP contribution in [-0.4, -0.2) is 52.3 Å². The quantitative estimate of drug-likeness (QED) is 0.902. The predicted molar refractivity (Wildman–Crippen MR) is 94.5 cm³/mol. The number of hydrogen-bond acceptors (Lipinski definition) is 6. The molecule has 2 aromatic heterocycles. The Bertz CT molecular complexity index is 763. The first-order chi connectivity index (χ1) is 12.6. The summed E-state index contributed by atoms with van der Waals surface area (Å²) in [4.78, 5) is 18.8. The molecule has 2 aliphatic rings. The molecule has 7 nitrogen and oxygen atoms in total. The summed E-state index contributed by atoms with van der Waals surface area (Å²) in [7, 11) is 0. The Morgan fingerprint density at radius 3 is 3.19 bits per heavy atom. The number of nitrogens with one attached hydrogen (secondary N) is 1. The number of hydrogen-bond donors (Lipinski definition) is 1. The van der Waals surface area contributed by atoms with Crippen LogP contribution in [0, 0.1) is 6.92 Å². The Labute approximate surface area is 152 Å². The van der Waals surface area contributed by atoms with Crippen LogP contribution in [-0.2, 0) is 11.3 Å². The first-order valence-electron chi connectivity index (χ1n) is 9.11. The molecule has 138 valence electrons. The fourth-order valence-electron chi connectivity index (χ4n) is 3.99. The van der Waals surface area contributed by atoms with Crippen LogP contribution >= 0.6 is 0 Å². The third-order valence-electron chi connectivity index (χ3n) is 5.21. The lowest BCUT2D eigenvalue weighted by Gasteiger charge is -2.38. The van der Waals surface area contributed by atoms with E-state index in [1.165, 1.54) is 0 Å². The molecule has 2 atom stereocenters. The number of carbonyl (C=O) groups excluding carboxylic acids is 1. The molecule has 1 spiro atoms. The van der Waals surface area contributed by atoms with Gasteiger partial charge < -0.3 is 14.6 Å². The van der Waals surface area contributed by atoms with Crippen molar-refractivity contribution >= 4 is 5.91 Å². The van der Waals surface area contributed by atoms with Crippen molar-refractivity contribution in [2.45, 2.75) is 44.4 Å². The Morgan fingerprint density at radius 2 is 2.42 bits per heavy atom. The van der Waals surface area contributed by atoms with Crippen molar-refractivity contribution in [2.75, 3.05) is 19.7 Å². The highest BCUT2D eigenvalue weighted by Gasteiger charge is 2.43. The second-order valence-electron chi connectivity index (χ2n) is 7.33. The topological polar surface area (TPSA) is 80.5 Å². The number of amides is 1. The summed E-state index contributed by atoms with van der Waals surface area (Å²) in [5.41, 5.74) is 1.38.